The molecule has 0 spiro atoms. The maximum atomic E-state index is 5.85. The van der Waals surface area contributed by atoms with E-state index < -0.39 is 0 Å². The van der Waals surface area contributed by atoms with Crippen LogP contribution in [0.1, 0.15) is 18.1 Å². The summed E-state index contributed by atoms with van der Waals surface area (Å²) in [7, 11) is 0. The van der Waals surface area contributed by atoms with Gasteiger partial charge in [-0.25, -0.2) is 0 Å². The second-order valence-corrected chi connectivity index (χ2v) is 5.06. The van der Waals surface area contributed by atoms with Crippen LogP contribution >= 0.6 is 15.9 Å². The van der Waals surface area contributed by atoms with Crippen LogP contribution in [0.5, 0.6) is 5.75 Å². The zero-order valence-corrected chi connectivity index (χ0v) is 11.9. The smallest absolute Gasteiger partial charge is 0.122 e. The fourth-order valence-corrected chi connectivity index (χ4v) is 2.41. The highest BCUT2D eigenvalue weighted by molar-refractivity contribution is 9.10. The third kappa shape index (κ3) is 3.26. The molecule has 0 radical (unpaired) electrons. The molecule has 0 aliphatic carbocycles. The minimum absolute atomic E-state index is 0.528. The molecule has 0 aliphatic heterocycles. The van der Waals surface area contributed by atoms with Gasteiger partial charge in [0.15, 0.2) is 0 Å². The molecule has 0 atom stereocenters. The van der Waals surface area contributed by atoms with Crippen LogP contribution in [-0.4, -0.2) is 0 Å². The third-order valence-corrected chi connectivity index (χ3v) is 3.19. The summed E-state index contributed by atoms with van der Waals surface area (Å²) in [5.41, 5.74) is 8.83. The van der Waals surface area contributed by atoms with Crippen LogP contribution in [-0.2, 0) is 13.0 Å². The van der Waals surface area contributed by atoms with E-state index in [0.717, 1.165) is 27.9 Å². The van der Waals surface area contributed by atoms with E-state index in [1.54, 1.807) is 0 Å². The lowest BCUT2D eigenvalue weighted by atomic mass is 10.1. The molecular weight excluding hydrogens is 290 g/mol. The van der Waals surface area contributed by atoms with Crippen molar-refractivity contribution in [1.29, 1.82) is 0 Å². The first-order valence-electron chi connectivity index (χ1n) is 5.94. The van der Waals surface area contributed by atoms with Crippen molar-refractivity contribution in [1.82, 2.24) is 0 Å². The first-order chi connectivity index (χ1) is 8.69. The van der Waals surface area contributed by atoms with E-state index >= 15 is 0 Å². The summed E-state index contributed by atoms with van der Waals surface area (Å²) >= 11 is 3.43. The van der Waals surface area contributed by atoms with E-state index in [1.165, 1.54) is 5.56 Å². The van der Waals surface area contributed by atoms with Gasteiger partial charge in [0.05, 0.1) is 0 Å². The Morgan fingerprint density at radius 3 is 2.67 bits per heavy atom. The molecule has 0 aliphatic rings. The Morgan fingerprint density at radius 1 is 1.17 bits per heavy atom. The third-order valence-electron chi connectivity index (χ3n) is 2.73. The summed E-state index contributed by atoms with van der Waals surface area (Å²) in [5.74, 6) is 0.943. The second-order valence-electron chi connectivity index (χ2n) is 4.14. The Morgan fingerprint density at radius 2 is 1.94 bits per heavy atom. The molecule has 18 heavy (non-hydrogen) atoms. The molecule has 2 nitrogen and oxygen atoms in total. The van der Waals surface area contributed by atoms with Crippen molar-refractivity contribution in [2.45, 2.75) is 20.0 Å². The Labute approximate surface area is 116 Å². The largest absolute Gasteiger partial charge is 0.489 e. The molecular formula is C15H16BrNO. The van der Waals surface area contributed by atoms with Gasteiger partial charge in [-0.3, -0.25) is 0 Å². The van der Waals surface area contributed by atoms with Crippen molar-refractivity contribution < 1.29 is 4.74 Å². The summed E-state index contributed by atoms with van der Waals surface area (Å²) in [5, 5.41) is 0. The highest BCUT2D eigenvalue weighted by atomic mass is 79.9. The number of anilines is 1. The molecule has 0 saturated carbocycles. The maximum absolute atomic E-state index is 5.85. The standard InChI is InChI=1S/C15H16BrNO/c1-2-12-5-3-4-6-15(12)18-10-11-7-13(16)9-14(17)8-11/h3-9H,2,10,17H2,1H3. The summed E-state index contributed by atoms with van der Waals surface area (Å²) in [6, 6.07) is 13.9. The second kappa shape index (κ2) is 5.91. The van der Waals surface area contributed by atoms with Crippen LogP contribution in [0.25, 0.3) is 0 Å². The number of rotatable bonds is 4. The SMILES string of the molecule is CCc1ccccc1OCc1cc(N)cc(Br)c1. The Kier molecular flexibility index (Phi) is 4.26. The maximum Gasteiger partial charge on any atom is 0.122 e. The van der Waals surface area contributed by atoms with E-state index in [-0.39, 0.29) is 0 Å². The van der Waals surface area contributed by atoms with Crippen molar-refractivity contribution in [2.24, 2.45) is 0 Å². The van der Waals surface area contributed by atoms with Gasteiger partial charge in [0, 0.05) is 10.2 Å². The first kappa shape index (κ1) is 13.0. The minimum Gasteiger partial charge on any atom is -0.489 e. The Hall–Kier alpha value is -1.48. The molecule has 94 valence electrons. The fourth-order valence-electron chi connectivity index (χ4n) is 1.86. The average Bonchev–Trinajstić information content (AvgIpc) is 2.35. The number of halogens is 1. The lowest BCUT2D eigenvalue weighted by molar-refractivity contribution is 0.303. The predicted octanol–water partition coefficient (Wildman–Crippen LogP) is 4.17. The Bertz CT molecular complexity index is 520. The molecule has 0 saturated heterocycles. The molecule has 0 fully saturated rings. The van der Waals surface area contributed by atoms with Gasteiger partial charge in [0.25, 0.3) is 0 Å². The van der Waals surface area contributed by atoms with Gasteiger partial charge in [0.1, 0.15) is 12.4 Å². The summed E-state index contributed by atoms with van der Waals surface area (Å²) < 4.78 is 6.82. The lowest BCUT2D eigenvalue weighted by Crippen LogP contribution is -1.99. The zero-order valence-electron chi connectivity index (χ0n) is 10.3. The average molecular weight is 306 g/mol. The lowest BCUT2D eigenvalue weighted by Gasteiger charge is -2.11. The van der Waals surface area contributed by atoms with Crippen molar-refractivity contribution in [3.05, 3.63) is 58.1 Å². The first-order valence-corrected chi connectivity index (χ1v) is 6.74. The van der Waals surface area contributed by atoms with Crippen LogP contribution in [0.2, 0.25) is 0 Å². The zero-order chi connectivity index (χ0) is 13.0. The molecule has 0 bridgehead atoms. The highest BCUT2D eigenvalue weighted by Gasteiger charge is 2.02. The molecule has 2 N–H and O–H groups in total. The van der Waals surface area contributed by atoms with Gasteiger partial charge >= 0.3 is 0 Å². The van der Waals surface area contributed by atoms with Crippen molar-refractivity contribution in [2.75, 3.05) is 5.73 Å². The molecule has 2 aromatic rings. The summed E-state index contributed by atoms with van der Waals surface area (Å²) in [6.45, 7) is 2.65. The number of aryl methyl sites for hydroxylation is 1. The van der Waals surface area contributed by atoms with Gasteiger partial charge in [0.2, 0.25) is 0 Å². The van der Waals surface area contributed by atoms with Gasteiger partial charge in [-0.2, -0.15) is 0 Å². The number of ether oxygens (including phenoxy) is 1. The van der Waals surface area contributed by atoms with Crippen LogP contribution < -0.4 is 10.5 Å². The van der Waals surface area contributed by atoms with E-state index in [9.17, 15) is 0 Å². The predicted molar refractivity (Wildman–Crippen MR) is 78.7 cm³/mol. The molecule has 0 aromatic heterocycles. The van der Waals surface area contributed by atoms with Crippen LogP contribution in [0.15, 0.2) is 46.9 Å². The number of para-hydroxylation sites is 1. The number of hydrogen-bond acceptors (Lipinski definition) is 2. The summed E-state index contributed by atoms with van der Waals surface area (Å²) in [4.78, 5) is 0. The van der Waals surface area contributed by atoms with Crippen molar-refractivity contribution in [3.8, 4) is 5.75 Å². The van der Waals surface area contributed by atoms with Gasteiger partial charge in [-0.1, -0.05) is 41.1 Å². The number of nitrogens with two attached hydrogens (primary N) is 1. The fraction of sp³-hybridized carbons (Fsp3) is 0.200. The van der Waals surface area contributed by atoms with E-state index in [2.05, 4.69) is 28.9 Å². The van der Waals surface area contributed by atoms with Crippen LogP contribution in [0.4, 0.5) is 5.69 Å². The van der Waals surface area contributed by atoms with Crippen LogP contribution in [0, 0.1) is 0 Å². The quantitative estimate of drug-likeness (QED) is 0.860. The van der Waals surface area contributed by atoms with Crippen molar-refractivity contribution in [3.63, 3.8) is 0 Å². The van der Waals surface area contributed by atoms with Gasteiger partial charge < -0.3 is 10.5 Å². The van der Waals surface area contributed by atoms with E-state index in [4.69, 9.17) is 10.5 Å². The van der Waals surface area contributed by atoms with Gasteiger partial charge in [-0.05, 0) is 41.8 Å². The van der Waals surface area contributed by atoms with Crippen molar-refractivity contribution >= 4 is 21.6 Å². The molecule has 0 amide bonds. The topological polar surface area (TPSA) is 35.2 Å². The summed E-state index contributed by atoms with van der Waals surface area (Å²) in [6.07, 6.45) is 0.969. The Balaban J connectivity index is 2.11. The molecule has 3 heteroatoms. The van der Waals surface area contributed by atoms with E-state index in [0.29, 0.717) is 6.61 Å². The normalized spacial score (nSPS) is 10.3. The minimum atomic E-state index is 0.528. The van der Waals surface area contributed by atoms with E-state index in [1.807, 2.05) is 36.4 Å². The van der Waals surface area contributed by atoms with Crippen LogP contribution in [0.3, 0.4) is 0 Å². The molecule has 0 heterocycles. The monoisotopic (exact) mass is 305 g/mol. The highest BCUT2D eigenvalue weighted by Crippen LogP contribution is 2.22. The number of benzene rings is 2. The van der Waals surface area contributed by atoms with Gasteiger partial charge in [-0.15, -0.1) is 0 Å². The number of hydrogen-bond donors (Lipinski definition) is 1. The molecule has 2 aromatic carbocycles. The number of nitrogen functional groups attached to an aromatic ring is 1. The molecule has 2 rings (SSSR count). The molecule has 0 unspecified atom stereocenters.